The van der Waals surface area contributed by atoms with Gasteiger partial charge in [-0.05, 0) is 6.42 Å². The van der Waals surface area contributed by atoms with Gasteiger partial charge in [0.05, 0.1) is 33.5 Å². The summed E-state index contributed by atoms with van der Waals surface area (Å²) in [7, 11) is -17.6. The molecule has 7 N–H and O–H groups in total. The quantitative estimate of drug-likeness (QED) is 0.0415. The molecular formula is C39H66N7O18P3-4. The molecule has 3 heterocycles. The molecule has 384 valence electrons. The van der Waals surface area contributed by atoms with Crippen molar-refractivity contribution in [2.45, 2.75) is 167 Å². The number of aliphatic hydroxyl groups excluding tert-OH is 3. The zero-order valence-electron chi connectivity index (χ0n) is 38.1. The molecule has 28 heteroatoms. The Hall–Kier alpha value is -2.83. The van der Waals surface area contributed by atoms with Crippen molar-refractivity contribution in [2.75, 3.05) is 32.0 Å². The van der Waals surface area contributed by atoms with Crippen LogP contribution in [0.2, 0.25) is 0 Å². The van der Waals surface area contributed by atoms with Gasteiger partial charge in [-0.25, -0.2) is 19.3 Å². The van der Waals surface area contributed by atoms with Crippen LogP contribution in [0.4, 0.5) is 5.82 Å². The molecule has 0 spiro atoms. The summed E-state index contributed by atoms with van der Waals surface area (Å²) >= 11 is 0. The first-order valence-corrected chi connectivity index (χ1v) is 26.8. The van der Waals surface area contributed by atoms with E-state index in [0.29, 0.717) is 6.42 Å². The number of hydrogen-bond donors (Lipinski definition) is 6. The number of rotatable bonds is 35. The highest BCUT2D eigenvalue weighted by atomic mass is 31.3. The average Bonchev–Trinajstić information content (AvgIpc) is 3.80. The zero-order chi connectivity index (χ0) is 49.8. The minimum atomic E-state index is -5.93. The molecule has 2 aromatic rings. The molecule has 8 atom stereocenters. The molecular weight excluding hydrogens is 947 g/mol. The summed E-state index contributed by atoms with van der Waals surface area (Å²) in [5, 5.41) is 36.5. The third-order valence-corrected chi connectivity index (χ3v) is 13.9. The third-order valence-electron chi connectivity index (χ3n) is 10.9. The number of Topliss-reactive ketones (excluding diaryl/α,β-unsaturated/α-hetero) is 1. The van der Waals surface area contributed by atoms with E-state index in [4.69, 9.17) is 10.5 Å². The fourth-order valence-corrected chi connectivity index (χ4v) is 9.86. The first-order valence-electron chi connectivity index (χ1n) is 22.5. The number of carbonyl (C=O) groups is 3. The van der Waals surface area contributed by atoms with Crippen molar-refractivity contribution in [1.82, 2.24) is 30.2 Å². The Morgan fingerprint density at radius 1 is 0.866 bits per heavy atom. The highest BCUT2D eigenvalue weighted by Gasteiger charge is 2.47. The van der Waals surface area contributed by atoms with Gasteiger partial charge < -0.3 is 74.1 Å². The summed E-state index contributed by atoms with van der Waals surface area (Å²) in [5.41, 5.74) is 4.05. The smallest absolute Gasteiger partial charge is 0.274 e. The van der Waals surface area contributed by atoms with Crippen molar-refractivity contribution in [2.24, 2.45) is 5.41 Å². The molecule has 1 aliphatic rings. The number of aromatic nitrogens is 4. The number of nitrogen functional groups attached to an aromatic ring is 1. The number of ether oxygens (including phenoxy) is 1. The number of aliphatic hydroxyl groups is 3. The maximum atomic E-state index is 12.6. The van der Waals surface area contributed by atoms with Crippen LogP contribution < -0.4 is 35.9 Å². The number of fused-ring (bicyclic) bond motifs is 1. The number of amides is 2. The van der Waals surface area contributed by atoms with Gasteiger partial charge in [0.1, 0.15) is 42.0 Å². The van der Waals surface area contributed by atoms with E-state index in [1.807, 2.05) is 0 Å². The first-order chi connectivity index (χ1) is 31.4. The number of phosphoric ester groups is 3. The predicted molar refractivity (Wildman–Crippen MR) is 231 cm³/mol. The summed E-state index contributed by atoms with van der Waals surface area (Å²) < 4.78 is 60.8. The summed E-state index contributed by atoms with van der Waals surface area (Å²) in [6.07, 6.45) is 7.80. The molecule has 1 saturated heterocycles. The molecule has 25 nitrogen and oxygen atoms in total. The molecule has 0 saturated carbocycles. The van der Waals surface area contributed by atoms with Crippen molar-refractivity contribution in [3.63, 3.8) is 0 Å². The lowest BCUT2D eigenvalue weighted by Crippen LogP contribution is -2.46. The number of nitrogens with zero attached hydrogens (tertiary/aromatic N) is 4. The second kappa shape index (κ2) is 28.1. The van der Waals surface area contributed by atoms with Crippen LogP contribution in [0.25, 0.3) is 11.2 Å². The molecule has 1 aliphatic heterocycles. The Morgan fingerprint density at radius 3 is 2.06 bits per heavy atom. The SMILES string of the molecule is CCCCCCCCCCCCCCCC(O)CC(=O)CCNC(=O)CCNC(=O)C(O)C(C)(C)COP(=O)([O-])OP(=O)([O-])OCC1OC(n2cnc3c(N)ncnc32)C(O)C1OP(=O)([O-])[O-]. The van der Waals surface area contributed by atoms with Crippen molar-refractivity contribution in [1.29, 1.82) is 0 Å². The van der Waals surface area contributed by atoms with Crippen molar-refractivity contribution in [3.8, 4) is 0 Å². The molecule has 0 aromatic carbocycles. The Kier molecular flexibility index (Phi) is 24.6. The topological polar surface area (TPSA) is 395 Å². The van der Waals surface area contributed by atoms with Crippen LogP contribution in [-0.2, 0) is 50.7 Å². The largest absolute Gasteiger partial charge is 0.790 e. The lowest BCUT2D eigenvalue weighted by Gasteiger charge is -2.36. The fourth-order valence-electron chi connectivity index (χ4n) is 7.12. The molecule has 0 bridgehead atoms. The van der Waals surface area contributed by atoms with E-state index >= 15 is 0 Å². The van der Waals surface area contributed by atoms with Crippen LogP contribution in [0.1, 0.15) is 136 Å². The number of unbranched alkanes of at least 4 members (excludes halogenated alkanes) is 12. The van der Waals surface area contributed by atoms with Gasteiger partial charge in [0.2, 0.25) is 11.8 Å². The Morgan fingerprint density at radius 2 is 1.45 bits per heavy atom. The van der Waals surface area contributed by atoms with Crippen molar-refractivity contribution >= 4 is 58.0 Å². The van der Waals surface area contributed by atoms with E-state index in [1.54, 1.807) is 0 Å². The number of phosphoric acid groups is 3. The van der Waals surface area contributed by atoms with Crippen LogP contribution in [0.15, 0.2) is 12.7 Å². The summed E-state index contributed by atoms with van der Waals surface area (Å²) in [5.74, 6) is -1.85. The molecule has 0 radical (unpaired) electrons. The summed E-state index contributed by atoms with van der Waals surface area (Å²) in [6, 6.07) is 0. The van der Waals surface area contributed by atoms with E-state index in [9.17, 15) is 63.0 Å². The third kappa shape index (κ3) is 21.4. The number of ketones is 1. The lowest BCUT2D eigenvalue weighted by molar-refractivity contribution is -0.347. The minimum absolute atomic E-state index is 0.00380. The van der Waals surface area contributed by atoms with Gasteiger partial charge >= 0.3 is 0 Å². The van der Waals surface area contributed by atoms with E-state index < -0.39 is 90.7 Å². The minimum Gasteiger partial charge on any atom is -0.790 e. The predicted octanol–water partition coefficient (Wildman–Crippen LogP) is 1.07. The monoisotopic (exact) mass is 1010 g/mol. The molecule has 1 fully saturated rings. The van der Waals surface area contributed by atoms with Gasteiger partial charge in [0.15, 0.2) is 17.7 Å². The molecule has 0 aliphatic carbocycles. The second-order valence-electron chi connectivity index (χ2n) is 17.2. The number of hydrogen-bond acceptors (Lipinski definition) is 22. The van der Waals surface area contributed by atoms with Gasteiger partial charge in [-0.1, -0.05) is 104 Å². The van der Waals surface area contributed by atoms with E-state index in [-0.39, 0.29) is 55.1 Å². The summed E-state index contributed by atoms with van der Waals surface area (Å²) in [4.78, 5) is 96.9. The molecule has 67 heavy (non-hydrogen) atoms. The van der Waals surface area contributed by atoms with Gasteiger partial charge in [-0.15, -0.1) is 0 Å². The van der Waals surface area contributed by atoms with Crippen LogP contribution in [0.5, 0.6) is 0 Å². The van der Waals surface area contributed by atoms with E-state index in [1.165, 1.54) is 78.1 Å². The normalized spacial score (nSPS) is 20.6. The van der Waals surface area contributed by atoms with Gasteiger partial charge in [0.25, 0.3) is 15.6 Å². The highest BCUT2D eigenvalue weighted by Crippen LogP contribution is 2.56. The van der Waals surface area contributed by atoms with Crippen molar-refractivity contribution < 1.29 is 85.6 Å². The van der Waals surface area contributed by atoms with Gasteiger partial charge in [-0.3, -0.25) is 28.1 Å². The fraction of sp³-hybridized carbons (Fsp3) is 0.795. The van der Waals surface area contributed by atoms with Crippen LogP contribution >= 0.6 is 23.5 Å². The average molecular weight is 1010 g/mol. The van der Waals surface area contributed by atoms with Gasteiger partial charge in [0, 0.05) is 37.8 Å². The molecule has 2 amide bonds. The number of imidazole rings is 1. The van der Waals surface area contributed by atoms with Crippen LogP contribution in [-0.4, -0.2) is 109 Å². The first kappa shape index (κ1) is 58.5. The molecule has 3 rings (SSSR count). The maximum Gasteiger partial charge on any atom is 0.274 e. The summed E-state index contributed by atoms with van der Waals surface area (Å²) in [6.45, 7) is 2.07. The van der Waals surface area contributed by atoms with Crippen LogP contribution in [0, 0.1) is 5.41 Å². The number of nitrogens with one attached hydrogen (secondary N) is 2. The van der Waals surface area contributed by atoms with Crippen LogP contribution in [0.3, 0.4) is 0 Å². The molecule has 8 unspecified atom stereocenters. The van der Waals surface area contributed by atoms with Gasteiger partial charge in [-0.2, -0.15) is 0 Å². The standard InChI is InChI=1S/C39H70N7O18P3/c1-4-5-6-7-8-9-10-11-12-13-14-15-16-17-27(47)22-28(48)18-20-41-30(49)19-21-42-37(52)34(51)39(2,3)24-61-67(58,59)64-66(56,57)60-23-29-33(63-65(53,54)55)32(50)38(62-29)46-26-45-31-35(40)43-25-44-36(31)46/h25-27,29,32-34,38,47,50-51H,4-24H2,1-3H3,(H,41,49)(H,42,52)(H,56,57)(H,58,59)(H2,40,43,44)(H2,53,54,55)/p-4. The Labute approximate surface area is 389 Å². The Bertz CT molecular complexity index is 2010. The molecule has 2 aromatic heterocycles. The second-order valence-corrected chi connectivity index (χ2v) is 21.2. The zero-order valence-corrected chi connectivity index (χ0v) is 40.8. The van der Waals surface area contributed by atoms with Crippen molar-refractivity contribution in [3.05, 3.63) is 12.7 Å². The maximum absolute atomic E-state index is 12.6. The number of carbonyl (C=O) groups excluding carboxylic acids is 3. The highest BCUT2D eigenvalue weighted by molar-refractivity contribution is 7.59. The number of anilines is 1. The Balaban J connectivity index is 1.33. The van der Waals surface area contributed by atoms with E-state index in [0.717, 1.165) is 36.5 Å². The van der Waals surface area contributed by atoms with E-state index in [2.05, 4.69) is 50.4 Å². The number of nitrogens with two attached hydrogens (primary N) is 1. The lowest BCUT2D eigenvalue weighted by atomic mass is 9.87.